The molecule has 0 aliphatic carbocycles. The number of hydrogen-bond donors (Lipinski definition) is 1. The van der Waals surface area contributed by atoms with E-state index in [1.165, 1.54) is 7.11 Å². The van der Waals surface area contributed by atoms with Gasteiger partial charge < -0.3 is 14.8 Å². The normalized spacial score (nSPS) is 13.5. The molecule has 0 radical (unpaired) electrons. The number of carbonyl (C=O) groups is 2. The minimum Gasteiger partial charge on any atom is -0.497 e. The van der Waals surface area contributed by atoms with Gasteiger partial charge in [-0.2, -0.15) is 0 Å². The second-order valence-electron chi connectivity index (χ2n) is 7.67. The van der Waals surface area contributed by atoms with Crippen LogP contribution in [0.5, 0.6) is 11.5 Å². The molecule has 33 heavy (non-hydrogen) atoms. The van der Waals surface area contributed by atoms with E-state index in [0.717, 1.165) is 16.0 Å². The highest BCUT2D eigenvalue weighted by Gasteiger charge is 2.40. The molecule has 1 aliphatic heterocycles. The van der Waals surface area contributed by atoms with Gasteiger partial charge in [-0.15, -0.1) is 0 Å². The maximum atomic E-state index is 13.6. The van der Waals surface area contributed by atoms with Crippen LogP contribution < -0.4 is 19.7 Å². The zero-order valence-electron chi connectivity index (χ0n) is 18.7. The van der Waals surface area contributed by atoms with Gasteiger partial charge in [0.05, 0.1) is 30.5 Å². The molecule has 4 rings (SSSR count). The van der Waals surface area contributed by atoms with Crippen molar-refractivity contribution in [3.8, 4) is 11.5 Å². The summed E-state index contributed by atoms with van der Waals surface area (Å²) in [5.74, 6) is 0.284. The monoisotopic (exact) mass is 462 g/mol. The first-order valence-corrected chi connectivity index (χ1v) is 10.7. The zero-order chi connectivity index (χ0) is 23.7. The number of ether oxygens (including phenoxy) is 2. The van der Waals surface area contributed by atoms with Gasteiger partial charge >= 0.3 is 0 Å². The Labute approximate surface area is 197 Å². The third-order valence-electron chi connectivity index (χ3n) is 5.63. The van der Waals surface area contributed by atoms with Crippen LogP contribution in [0.1, 0.15) is 16.7 Å². The molecule has 0 bridgehead atoms. The number of carbonyl (C=O) groups excluding carboxylic acids is 2. The van der Waals surface area contributed by atoms with Crippen LogP contribution in [0.15, 0.2) is 66.4 Å². The van der Waals surface area contributed by atoms with Crippen molar-refractivity contribution in [3.63, 3.8) is 0 Å². The Hall–Kier alpha value is -3.77. The van der Waals surface area contributed by atoms with Gasteiger partial charge in [-0.25, -0.2) is 4.90 Å². The van der Waals surface area contributed by atoms with Gasteiger partial charge in [0, 0.05) is 5.69 Å². The molecular weight excluding hydrogens is 440 g/mol. The van der Waals surface area contributed by atoms with Crippen molar-refractivity contribution in [1.29, 1.82) is 0 Å². The predicted octanol–water partition coefficient (Wildman–Crippen LogP) is 5.37. The van der Waals surface area contributed by atoms with Crippen LogP contribution in [0.4, 0.5) is 11.4 Å². The first kappa shape index (κ1) is 22.4. The van der Waals surface area contributed by atoms with Gasteiger partial charge in [0.25, 0.3) is 11.8 Å². The van der Waals surface area contributed by atoms with E-state index in [2.05, 4.69) is 5.32 Å². The summed E-state index contributed by atoms with van der Waals surface area (Å²) in [6.45, 7) is 3.97. The lowest BCUT2D eigenvalue weighted by Gasteiger charge is -2.16. The summed E-state index contributed by atoms with van der Waals surface area (Å²) in [6.07, 6.45) is 0. The summed E-state index contributed by atoms with van der Waals surface area (Å²) >= 11 is 6.27. The van der Waals surface area contributed by atoms with Crippen molar-refractivity contribution in [1.82, 2.24) is 0 Å². The van der Waals surface area contributed by atoms with Gasteiger partial charge in [0.2, 0.25) is 0 Å². The zero-order valence-corrected chi connectivity index (χ0v) is 19.5. The molecule has 3 aromatic carbocycles. The van der Waals surface area contributed by atoms with E-state index < -0.39 is 11.8 Å². The van der Waals surface area contributed by atoms with Gasteiger partial charge in [-0.1, -0.05) is 29.8 Å². The van der Waals surface area contributed by atoms with Gasteiger partial charge in [-0.05, 0) is 73.0 Å². The molecule has 1 N–H and O–H groups in total. The summed E-state index contributed by atoms with van der Waals surface area (Å²) in [7, 11) is 3.09. The number of anilines is 2. The molecule has 1 heterocycles. The quantitative estimate of drug-likeness (QED) is 0.499. The van der Waals surface area contributed by atoms with Crippen LogP contribution >= 0.6 is 11.6 Å². The topological polar surface area (TPSA) is 67.9 Å². The first-order chi connectivity index (χ1) is 15.8. The lowest BCUT2D eigenvalue weighted by molar-refractivity contribution is -0.120. The molecule has 6 nitrogen and oxygen atoms in total. The number of amides is 2. The van der Waals surface area contributed by atoms with E-state index >= 15 is 0 Å². The summed E-state index contributed by atoms with van der Waals surface area (Å²) in [5, 5.41) is 3.51. The highest BCUT2D eigenvalue weighted by atomic mass is 35.5. The molecule has 0 saturated heterocycles. The van der Waals surface area contributed by atoms with Crippen LogP contribution in [-0.4, -0.2) is 26.0 Å². The van der Waals surface area contributed by atoms with Crippen molar-refractivity contribution < 1.29 is 19.1 Å². The minimum atomic E-state index is -0.453. The number of methoxy groups -OCH3 is 2. The van der Waals surface area contributed by atoms with Crippen molar-refractivity contribution in [2.24, 2.45) is 0 Å². The number of nitrogens with zero attached hydrogens (tertiary/aromatic N) is 1. The number of benzene rings is 3. The molecule has 0 aromatic heterocycles. The summed E-state index contributed by atoms with van der Waals surface area (Å²) < 4.78 is 10.4. The Morgan fingerprint density at radius 2 is 1.55 bits per heavy atom. The van der Waals surface area contributed by atoms with E-state index in [1.807, 2.05) is 32.0 Å². The Balaban J connectivity index is 1.81. The number of halogens is 1. The van der Waals surface area contributed by atoms with Crippen molar-refractivity contribution in [2.45, 2.75) is 13.8 Å². The van der Waals surface area contributed by atoms with Crippen LogP contribution in [0.2, 0.25) is 5.02 Å². The third kappa shape index (κ3) is 4.17. The molecule has 0 saturated carbocycles. The van der Waals surface area contributed by atoms with Crippen LogP contribution in [0.3, 0.4) is 0 Å². The second kappa shape index (κ2) is 9.00. The lowest BCUT2D eigenvalue weighted by Crippen LogP contribution is -2.32. The van der Waals surface area contributed by atoms with Crippen LogP contribution in [-0.2, 0) is 9.59 Å². The molecule has 1 aliphatic rings. The summed E-state index contributed by atoms with van der Waals surface area (Å²) in [4.78, 5) is 28.2. The number of rotatable bonds is 6. The summed E-state index contributed by atoms with van der Waals surface area (Å²) in [6, 6.07) is 17.6. The van der Waals surface area contributed by atoms with Gasteiger partial charge in [0.1, 0.15) is 17.2 Å². The SMILES string of the molecule is COc1ccc(N2C(=O)C(Nc3ccc(OC)c(Cl)c3)=C(c3ccc(C)c(C)c3)C2=O)cc1. The molecule has 7 heteroatoms. The largest absolute Gasteiger partial charge is 0.497 e. The van der Waals surface area contributed by atoms with Gasteiger partial charge in [0.15, 0.2) is 0 Å². The van der Waals surface area contributed by atoms with E-state index in [-0.39, 0.29) is 5.70 Å². The second-order valence-corrected chi connectivity index (χ2v) is 8.07. The standard InChI is InChI=1S/C26H23ClN2O4/c1-15-5-6-17(13-16(15)2)23-24(28-18-7-12-22(33-4)21(27)14-18)26(31)29(25(23)30)19-8-10-20(32-3)11-9-19/h5-14,28H,1-4H3. The number of aryl methyl sites for hydroxylation is 2. The van der Waals surface area contributed by atoms with E-state index in [0.29, 0.717) is 39.0 Å². The van der Waals surface area contributed by atoms with Crippen molar-refractivity contribution in [2.75, 3.05) is 24.4 Å². The lowest BCUT2D eigenvalue weighted by atomic mass is 9.99. The van der Waals surface area contributed by atoms with E-state index in [9.17, 15) is 9.59 Å². The highest BCUT2D eigenvalue weighted by molar-refractivity contribution is 6.46. The maximum Gasteiger partial charge on any atom is 0.282 e. The molecule has 0 spiro atoms. The van der Waals surface area contributed by atoms with E-state index in [4.69, 9.17) is 21.1 Å². The van der Waals surface area contributed by atoms with Gasteiger partial charge in [-0.3, -0.25) is 9.59 Å². The molecule has 168 valence electrons. The smallest absolute Gasteiger partial charge is 0.282 e. The fraction of sp³-hybridized carbons (Fsp3) is 0.154. The fourth-order valence-corrected chi connectivity index (χ4v) is 3.92. The first-order valence-electron chi connectivity index (χ1n) is 10.3. The third-order valence-corrected chi connectivity index (χ3v) is 5.93. The van der Waals surface area contributed by atoms with Crippen molar-refractivity contribution in [3.05, 3.63) is 88.1 Å². The number of hydrogen-bond acceptors (Lipinski definition) is 5. The number of imide groups is 1. The fourth-order valence-electron chi connectivity index (χ4n) is 3.66. The van der Waals surface area contributed by atoms with Crippen molar-refractivity contribution >= 4 is 40.4 Å². The average molecular weight is 463 g/mol. The average Bonchev–Trinajstić information content (AvgIpc) is 3.05. The molecular formula is C26H23ClN2O4. The molecule has 3 aromatic rings. The maximum absolute atomic E-state index is 13.6. The highest BCUT2D eigenvalue weighted by Crippen LogP contribution is 2.36. The minimum absolute atomic E-state index is 0.181. The molecule has 2 amide bonds. The number of nitrogens with one attached hydrogen (secondary N) is 1. The predicted molar refractivity (Wildman–Crippen MR) is 130 cm³/mol. The van der Waals surface area contributed by atoms with E-state index in [1.54, 1.807) is 49.6 Å². The molecule has 0 fully saturated rings. The Bertz CT molecular complexity index is 1280. The molecule has 0 atom stereocenters. The molecule has 0 unspecified atom stereocenters. The van der Waals surface area contributed by atoms with Crippen LogP contribution in [0, 0.1) is 13.8 Å². The summed E-state index contributed by atoms with van der Waals surface area (Å²) in [5.41, 5.74) is 4.28. The Morgan fingerprint density at radius 1 is 0.818 bits per heavy atom. The Kier molecular flexibility index (Phi) is 6.11. The van der Waals surface area contributed by atoms with Crippen LogP contribution in [0.25, 0.3) is 5.57 Å². The Morgan fingerprint density at radius 3 is 2.15 bits per heavy atom.